The van der Waals surface area contributed by atoms with Crippen LogP contribution in [0.15, 0.2) is 16.9 Å². The summed E-state index contributed by atoms with van der Waals surface area (Å²) >= 11 is 0. The molecule has 2 aromatic rings. The molecule has 0 spiro atoms. The van der Waals surface area contributed by atoms with Gasteiger partial charge in [-0.2, -0.15) is 5.10 Å². The normalized spacial score (nSPS) is 15.2. The maximum atomic E-state index is 12.5. The quantitative estimate of drug-likeness (QED) is 0.800. The topological polar surface area (TPSA) is 83.0 Å². The molecule has 2 aromatic heterocycles. The largest absolute Gasteiger partial charge is 0.348 e. The van der Waals surface area contributed by atoms with Crippen LogP contribution in [0.2, 0.25) is 0 Å². The van der Waals surface area contributed by atoms with Gasteiger partial charge in [0.15, 0.2) is 0 Å². The van der Waals surface area contributed by atoms with E-state index in [2.05, 4.69) is 27.3 Å². The second-order valence-electron chi connectivity index (χ2n) is 7.89. The maximum absolute atomic E-state index is 12.5. The first kappa shape index (κ1) is 20.3. The summed E-state index contributed by atoms with van der Waals surface area (Å²) in [6.07, 6.45) is 6.31. The molecule has 0 unspecified atom stereocenters. The minimum Gasteiger partial charge on any atom is -0.348 e. The molecular weight excluding hydrogens is 354 g/mol. The third kappa shape index (κ3) is 4.52. The van der Waals surface area contributed by atoms with Gasteiger partial charge in [-0.05, 0) is 45.9 Å². The molecule has 152 valence electrons. The molecule has 28 heavy (non-hydrogen) atoms. The van der Waals surface area contributed by atoms with Gasteiger partial charge in [-0.15, -0.1) is 0 Å². The highest BCUT2D eigenvalue weighted by Gasteiger charge is 2.19. The molecule has 0 aliphatic heterocycles. The third-order valence-electron chi connectivity index (χ3n) is 5.92. The fraction of sp³-hybridized carbons (Fsp3) is 0.571. The number of hydrogen-bond donors (Lipinski definition) is 2. The second-order valence-corrected chi connectivity index (χ2v) is 7.89. The van der Waals surface area contributed by atoms with Gasteiger partial charge in [-0.25, -0.2) is 0 Å². The van der Waals surface area contributed by atoms with Crippen molar-refractivity contribution in [2.45, 2.75) is 65.1 Å². The molecular formula is C21H31N5O2. The number of aromatic nitrogens is 3. The van der Waals surface area contributed by atoms with Crippen LogP contribution in [-0.2, 0) is 20.1 Å². The molecule has 2 heterocycles. The van der Waals surface area contributed by atoms with Crippen LogP contribution in [0.4, 0.5) is 0 Å². The van der Waals surface area contributed by atoms with Crippen LogP contribution in [0.3, 0.4) is 0 Å². The summed E-state index contributed by atoms with van der Waals surface area (Å²) in [4.78, 5) is 30.1. The van der Waals surface area contributed by atoms with Crippen LogP contribution in [0.25, 0.3) is 0 Å². The van der Waals surface area contributed by atoms with Crippen molar-refractivity contribution >= 4 is 5.91 Å². The van der Waals surface area contributed by atoms with Crippen LogP contribution in [0, 0.1) is 13.8 Å². The summed E-state index contributed by atoms with van der Waals surface area (Å²) in [5.74, 6) is -0.365. The Kier molecular flexibility index (Phi) is 6.34. The molecule has 0 radical (unpaired) electrons. The van der Waals surface area contributed by atoms with Crippen molar-refractivity contribution in [1.82, 2.24) is 25.0 Å². The average Bonchev–Trinajstić information content (AvgIpc) is 2.92. The van der Waals surface area contributed by atoms with Crippen LogP contribution < -0.4 is 10.9 Å². The number of carbonyl (C=O) groups is 1. The number of hydrogen-bond acceptors (Lipinski definition) is 4. The Hall–Kier alpha value is -2.41. The van der Waals surface area contributed by atoms with Crippen molar-refractivity contribution in [3.8, 4) is 0 Å². The number of H-pyrrole nitrogens is 1. The van der Waals surface area contributed by atoms with Crippen molar-refractivity contribution in [3.63, 3.8) is 0 Å². The molecule has 0 saturated heterocycles. The molecule has 0 bridgehead atoms. The lowest BCUT2D eigenvalue weighted by atomic mass is 9.94. The van der Waals surface area contributed by atoms with E-state index < -0.39 is 0 Å². The lowest BCUT2D eigenvalue weighted by Gasteiger charge is -2.31. The third-order valence-corrected chi connectivity index (χ3v) is 5.92. The number of nitrogens with one attached hydrogen (secondary N) is 2. The van der Waals surface area contributed by atoms with E-state index in [1.165, 1.54) is 32.1 Å². The van der Waals surface area contributed by atoms with E-state index in [0.29, 0.717) is 19.1 Å². The molecule has 7 nitrogen and oxygen atoms in total. The lowest BCUT2D eigenvalue weighted by Crippen LogP contribution is -2.34. The van der Waals surface area contributed by atoms with Gasteiger partial charge < -0.3 is 10.3 Å². The summed E-state index contributed by atoms with van der Waals surface area (Å²) in [7, 11) is 3.98. The smallest absolute Gasteiger partial charge is 0.261 e. The van der Waals surface area contributed by atoms with Gasteiger partial charge in [0.2, 0.25) is 0 Å². The number of amides is 1. The summed E-state index contributed by atoms with van der Waals surface area (Å²) in [6.45, 7) is 4.93. The fourth-order valence-corrected chi connectivity index (χ4v) is 4.04. The van der Waals surface area contributed by atoms with Crippen molar-refractivity contribution in [2.24, 2.45) is 7.05 Å². The predicted octanol–water partition coefficient (Wildman–Crippen LogP) is 2.42. The van der Waals surface area contributed by atoms with Gasteiger partial charge in [0.1, 0.15) is 5.56 Å². The van der Waals surface area contributed by atoms with Gasteiger partial charge in [0.25, 0.3) is 11.5 Å². The van der Waals surface area contributed by atoms with Gasteiger partial charge in [0.05, 0.1) is 5.69 Å². The van der Waals surface area contributed by atoms with Crippen LogP contribution >= 0.6 is 0 Å². The van der Waals surface area contributed by atoms with Crippen molar-refractivity contribution in [2.75, 3.05) is 7.05 Å². The van der Waals surface area contributed by atoms with Crippen LogP contribution in [0.1, 0.15) is 65.1 Å². The van der Waals surface area contributed by atoms with Crippen molar-refractivity contribution in [3.05, 3.63) is 50.7 Å². The highest BCUT2D eigenvalue weighted by molar-refractivity contribution is 5.93. The number of aryl methyl sites for hydroxylation is 2. The molecule has 0 atom stereocenters. The Morgan fingerprint density at radius 1 is 1.29 bits per heavy atom. The summed E-state index contributed by atoms with van der Waals surface area (Å²) in [5.41, 5.74) is 3.52. The van der Waals surface area contributed by atoms with Crippen molar-refractivity contribution in [1.29, 1.82) is 0 Å². The van der Waals surface area contributed by atoms with Gasteiger partial charge in [-0.1, -0.05) is 19.3 Å². The van der Waals surface area contributed by atoms with Crippen molar-refractivity contribution < 1.29 is 4.79 Å². The molecule has 1 aliphatic rings. The van der Waals surface area contributed by atoms with E-state index in [9.17, 15) is 9.59 Å². The Labute approximate surface area is 166 Å². The molecule has 7 heteroatoms. The maximum Gasteiger partial charge on any atom is 0.261 e. The van der Waals surface area contributed by atoms with Gasteiger partial charge in [0, 0.05) is 43.1 Å². The molecule has 1 aliphatic carbocycles. The Morgan fingerprint density at radius 2 is 2.00 bits per heavy atom. The zero-order valence-electron chi connectivity index (χ0n) is 17.3. The SMILES string of the molecule is Cc1nn(C)c(C)c1CNC(=O)c1ccc(CN(C)C2CCCCC2)[nH]c1=O. The number of rotatable bonds is 6. The Morgan fingerprint density at radius 3 is 2.61 bits per heavy atom. The molecule has 2 N–H and O–H groups in total. The number of carbonyl (C=O) groups excluding carboxylic acids is 1. The highest BCUT2D eigenvalue weighted by atomic mass is 16.2. The first-order valence-electron chi connectivity index (χ1n) is 10.1. The van der Waals surface area contributed by atoms with E-state index in [0.717, 1.165) is 22.6 Å². The first-order chi connectivity index (χ1) is 13.4. The molecule has 3 rings (SSSR count). The average molecular weight is 386 g/mol. The summed E-state index contributed by atoms with van der Waals surface area (Å²) in [6, 6.07) is 4.04. The monoisotopic (exact) mass is 385 g/mol. The van der Waals surface area contributed by atoms with E-state index in [-0.39, 0.29) is 17.0 Å². The van der Waals surface area contributed by atoms with E-state index in [1.54, 1.807) is 10.7 Å². The molecule has 0 aromatic carbocycles. The Bertz CT molecular complexity index is 893. The lowest BCUT2D eigenvalue weighted by molar-refractivity contribution is 0.0949. The molecule has 1 amide bonds. The standard InChI is InChI=1S/C21H31N5O2/c1-14-19(15(2)26(4)24-14)12-22-20(27)18-11-10-16(23-21(18)28)13-25(3)17-8-6-5-7-9-17/h10-11,17H,5-9,12-13H2,1-4H3,(H,22,27)(H,23,28). The van der Waals surface area contributed by atoms with Gasteiger partial charge >= 0.3 is 0 Å². The molecule has 1 fully saturated rings. The summed E-state index contributed by atoms with van der Waals surface area (Å²) in [5, 5.41) is 7.19. The Balaban J connectivity index is 1.63. The minimum atomic E-state index is -0.365. The summed E-state index contributed by atoms with van der Waals surface area (Å²) < 4.78 is 1.79. The van der Waals surface area contributed by atoms with Crippen LogP contribution in [0.5, 0.6) is 0 Å². The minimum absolute atomic E-state index is 0.142. The number of nitrogens with zero attached hydrogens (tertiary/aromatic N) is 3. The highest BCUT2D eigenvalue weighted by Crippen LogP contribution is 2.22. The second kappa shape index (κ2) is 8.73. The van der Waals surface area contributed by atoms with Gasteiger partial charge in [-0.3, -0.25) is 19.2 Å². The predicted molar refractivity (Wildman–Crippen MR) is 109 cm³/mol. The zero-order chi connectivity index (χ0) is 20.3. The zero-order valence-corrected chi connectivity index (χ0v) is 17.3. The first-order valence-corrected chi connectivity index (χ1v) is 10.1. The van der Waals surface area contributed by atoms with E-state index >= 15 is 0 Å². The fourth-order valence-electron chi connectivity index (χ4n) is 4.04. The molecule has 1 saturated carbocycles. The van der Waals surface area contributed by atoms with Crippen LogP contribution in [-0.4, -0.2) is 38.7 Å². The number of aromatic amines is 1. The number of pyridine rings is 1. The van der Waals surface area contributed by atoms with E-state index in [1.807, 2.05) is 27.0 Å². The van der Waals surface area contributed by atoms with E-state index in [4.69, 9.17) is 0 Å².